The summed E-state index contributed by atoms with van der Waals surface area (Å²) in [5.41, 5.74) is 7.86. The molecule has 0 aliphatic carbocycles. The van der Waals surface area contributed by atoms with Crippen molar-refractivity contribution in [3.8, 4) is 0 Å². The number of carbonyl (C=O) groups is 1. The zero-order valence-corrected chi connectivity index (χ0v) is 12.8. The molecule has 0 fully saturated rings. The Balaban J connectivity index is 2.35. The first-order valence-electron chi connectivity index (χ1n) is 6.30. The molecule has 0 radical (unpaired) electrons. The number of nitrogen functional groups attached to an aromatic ring is 1. The number of halogens is 2. The minimum atomic E-state index is -0.411. The number of ether oxygens (including phenoxy) is 1. The lowest BCUT2D eigenvalue weighted by atomic mass is 10.1. The molecule has 0 aliphatic heterocycles. The topological polar surface area (TPSA) is 64.3 Å². The Morgan fingerprint density at radius 2 is 1.90 bits per heavy atom. The van der Waals surface area contributed by atoms with Crippen LogP contribution in [0.3, 0.4) is 0 Å². The van der Waals surface area contributed by atoms with E-state index >= 15 is 0 Å². The zero-order valence-electron chi connectivity index (χ0n) is 11.3. The van der Waals surface area contributed by atoms with Gasteiger partial charge in [0.05, 0.1) is 39.3 Å². The van der Waals surface area contributed by atoms with E-state index in [-0.39, 0.29) is 0 Å². The molecule has 2 rings (SSSR count). The lowest BCUT2D eigenvalue weighted by molar-refractivity contribution is 0.0526. The largest absolute Gasteiger partial charge is 0.462 e. The number of para-hydroxylation sites is 1. The average molecular weight is 325 g/mol. The van der Waals surface area contributed by atoms with E-state index in [2.05, 4.69) is 5.32 Å². The van der Waals surface area contributed by atoms with Crippen molar-refractivity contribution in [2.24, 2.45) is 0 Å². The van der Waals surface area contributed by atoms with E-state index in [1.54, 1.807) is 43.3 Å². The number of nitrogens with one attached hydrogen (secondary N) is 1. The van der Waals surface area contributed by atoms with Crippen molar-refractivity contribution in [2.45, 2.75) is 6.92 Å². The van der Waals surface area contributed by atoms with Crippen molar-refractivity contribution >= 4 is 46.2 Å². The van der Waals surface area contributed by atoms with E-state index < -0.39 is 5.97 Å². The summed E-state index contributed by atoms with van der Waals surface area (Å²) in [5.74, 6) is -0.411. The monoisotopic (exact) mass is 324 g/mol. The van der Waals surface area contributed by atoms with Crippen LogP contribution in [0.25, 0.3) is 0 Å². The van der Waals surface area contributed by atoms with Gasteiger partial charge in [0.2, 0.25) is 0 Å². The molecule has 0 aliphatic rings. The molecule has 0 aromatic heterocycles. The molecule has 2 aromatic rings. The van der Waals surface area contributed by atoms with Gasteiger partial charge < -0.3 is 15.8 Å². The van der Waals surface area contributed by atoms with Gasteiger partial charge in [-0.05, 0) is 37.3 Å². The molecule has 0 amide bonds. The first kappa shape index (κ1) is 15.5. The number of rotatable bonds is 4. The molecule has 0 saturated carbocycles. The first-order valence-corrected chi connectivity index (χ1v) is 7.06. The third-order valence-corrected chi connectivity index (χ3v) is 3.42. The molecule has 4 nitrogen and oxygen atoms in total. The van der Waals surface area contributed by atoms with Gasteiger partial charge in [0.1, 0.15) is 0 Å². The molecular formula is C15H14Cl2N2O2. The van der Waals surface area contributed by atoms with Crippen LogP contribution in [0, 0.1) is 0 Å². The Hall–Kier alpha value is -1.91. The molecule has 6 heteroatoms. The molecule has 0 saturated heterocycles. The van der Waals surface area contributed by atoms with Crippen LogP contribution in [0.2, 0.25) is 10.0 Å². The molecule has 3 N–H and O–H groups in total. The van der Waals surface area contributed by atoms with Gasteiger partial charge in [0, 0.05) is 0 Å². The zero-order chi connectivity index (χ0) is 15.4. The molecule has 110 valence electrons. The van der Waals surface area contributed by atoms with E-state index in [1.807, 2.05) is 0 Å². The van der Waals surface area contributed by atoms with Crippen LogP contribution in [0.15, 0.2) is 36.4 Å². The summed E-state index contributed by atoms with van der Waals surface area (Å²) >= 11 is 12.2. The molecule has 21 heavy (non-hydrogen) atoms. The summed E-state index contributed by atoms with van der Waals surface area (Å²) in [5, 5.41) is 3.97. The van der Waals surface area contributed by atoms with Crippen LogP contribution >= 0.6 is 23.2 Å². The summed E-state index contributed by atoms with van der Waals surface area (Å²) in [6.45, 7) is 2.06. The minimum Gasteiger partial charge on any atom is -0.462 e. The number of benzene rings is 2. The second kappa shape index (κ2) is 6.70. The predicted octanol–water partition coefficient (Wildman–Crippen LogP) is 4.50. The van der Waals surface area contributed by atoms with Gasteiger partial charge in [0.15, 0.2) is 0 Å². The van der Waals surface area contributed by atoms with Crippen LogP contribution in [-0.4, -0.2) is 12.6 Å². The van der Waals surface area contributed by atoms with Crippen LogP contribution < -0.4 is 11.1 Å². The van der Waals surface area contributed by atoms with E-state index in [0.29, 0.717) is 39.3 Å². The van der Waals surface area contributed by atoms with Gasteiger partial charge in [-0.25, -0.2) is 4.79 Å². The predicted molar refractivity (Wildman–Crippen MR) is 86.6 cm³/mol. The van der Waals surface area contributed by atoms with Gasteiger partial charge in [-0.1, -0.05) is 29.3 Å². The second-order valence-electron chi connectivity index (χ2n) is 4.24. The fourth-order valence-electron chi connectivity index (χ4n) is 1.76. The van der Waals surface area contributed by atoms with Crippen molar-refractivity contribution < 1.29 is 9.53 Å². The third-order valence-electron chi connectivity index (χ3n) is 2.79. The van der Waals surface area contributed by atoms with Crippen LogP contribution in [0.5, 0.6) is 0 Å². The summed E-state index contributed by atoms with van der Waals surface area (Å²) in [7, 11) is 0. The summed E-state index contributed by atoms with van der Waals surface area (Å²) < 4.78 is 4.96. The van der Waals surface area contributed by atoms with Crippen molar-refractivity contribution in [1.29, 1.82) is 0 Å². The van der Waals surface area contributed by atoms with Crippen molar-refractivity contribution in [3.63, 3.8) is 0 Å². The highest BCUT2D eigenvalue weighted by Gasteiger charge is 2.12. The number of nitrogens with two attached hydrogens (primary N) is 1. The fraction of sp³-hybridized carbons (Fsp3) is 0.133. The van der Waals surface area contributed by atoms with Crippen LogP contribution in [0.4, 0.5) is 17.1 Å². The Morgan fingerprint density at radius 3 is 2.52 bits per heavy atom. The number of hydrogen-bond donors (Lipinski definition) is 2. The van der Waals surface area contributed by atoms with Crippen molar-refractivity contribution in [2.75, 3.05) is 17.7 Å². The van der Waals surface area contributed by atoms with Crippen molar-refractivity contribution in [1.82, 2.24) is 0 Å². The van der Waals surface area contributed by atoms with Gasteiger partial charge in [-0.3, -0.25) is 0 Å². The summed E-state index contributed by atoms with van der Waals surface area (Å²) in [4.78, 5) is 11.8. The number of carbonyl (C=O) groups excluding carboxylic acids is 1. The van der Waals surface area contributed by atoms with E-state index in [9.17, 15) is 4.79 Å². The lowest BCUT2D eigenvalue weighted by Crippen LogP contribution is -2.06. The van der Waals surface area contributed by atoms with Crippen LogP contribution in [0.1, 0.15) is 17.3 Å². The first-order chi connectivity index (χ1) is 10.0. The van der Waals surface area contributed by atoms with Crippen LogP contribution in [-0.2, 0) is 4.74 Å². The molecule has 0 heterocycles. The summed E-state index contributed by atoms with van der Waals surface area (Å²) in [6, 6.07) is 10.00. The van der Waals surface area contributed by atoms with Gasteiger partial charge >= 0.3 is 5.97 Å². The Kier molecular flexibility index (Phi) is 4.94. The van der Waals surface area contributed by atoms with Gasteiger partial charge in [-0.15, -0.1) is 0 Å². The Morgan fingerprint density at radius 1 is 1.24 bits per heavy atom. The third kappa shape index (κ3) is 3.60. The van der Waals surface area contributed by atoms with E-state index in [0.717, 1.165) is 0 Å². The highest BCUT2D eigenvalue weighted by molar-refractivity contribution is 6.39. The molecule has 0 bridgehead atoms. The van der Waals surface area contributed by atoms with Gasteiger partial charge in [-0.2, -0.15) is 0 Å². The average Bonchev–Trinajstić information content (AvgIpc) is 2.45. The maximum Gasteiger partial charge on any atom is 0.338 e. The molecular weight excluding hydrogens is 311 g/mol. The minimum absolute atomic E-state index is 0.308. The summed E-state index contributed by atoms with van der Waals surface area (Å²) in [6.07, 6.45) is 0. The lowest BCUT2D eigenvalue weighted by Gasteiger charge is -2.13. The highest BCUT2D eigenvalue weighted by Crippen LogP contribution is 2.34. The maximum absolute atomic E-state index is 11.8. The van der Waals surface area contributed by atoms with E-state index in [4.69, 9.17) is 33.7 Å². The standard InChI is InChI=1S/C15H14Cl2N2O2/c1-2-21-15(20)9-6-7-12(18)13(8-9)19-14-10(16)4-3-5-11(14)17/h3-8,19H,2,18H2,1H3. The van der Waals surface area contributed by atoms with E-state index in [1.165, 1.54) is 0 Å². The highest BCUT2D eigenvalue weighted by atomic mass is 35.5. The molecule has 2 aromatic carbocycles. The number of esters is 1. The Labute approximate surface area is 132 Å². The number of anilines is 3. The molecule has 0 unspecified atom stereocenters. The maximum atomic E-state index is 11.8. The van der Waals surface area contributed by atoms with Crippen molar-refractivity contribution in [3.05, 3.63) is 52.0 Å². The second-order valence-corrected chi connectivity index (χ2v) is 5.06. The quantitative estimate of drug-likeness (QED) is 0.642. The normalized spacial score (nSPS) is 10.2. The molecule has 0 spiro atoms. The smallest absolute Gasteiger partial charge is 0.338 e. The fourth-order valence-corrected chi connectivity index (χ4v) is 2.25. The van der Waals surface area contributed by atoms with Gasteiger partial charge in [0.25, 0.3) is 0 Å². The Bertz CT molecular complexity index is 654. The molecule has 0 atom stereocenters. The SMILES string of the molecule is CCOC(=O)c1ccc(N)c(Nc2c(Cl)cccc2Cl)c1. The number of hydrogen-bond acceptors (Lipinski definition) is 4.